The number of nitrogens with two attached hydrogens (primary N) is 1. The zero-order valence-electron chi connectivity index (χ0n) is 11.4. The fourth-order valence-electron chi connectivity index (χ4n) is 2.36. The summed E-state index contributed by atoms with van der Waals surface area (Å²) in [5.41, 5.74) is 5.95. The van der Waals surface area contributed by atoms with Crippen LogP contribution in [-0.4, -0.2) is 45.1 Å². The molecule has 0 spiro atoms. The maximum atomic E-state index is 12.0. The summed E-state index contributed by atoms with van der Waals surface area (Å²) < 4.78 is 1.68. The lowest BCUT2D eigenvalue weighted by Gasteiger charge is -2.44. The monoisotopic (exact) mass is 265 g/mol. The highest BCUT2D eigenvalue weighted by molar-refractivity contribution is 6.03. The largest absolute Gasteiger partial charge is 0.329 e. The first-order valence-electron chi connectivity index (χ1n) is 6.16. The van der Waals surface area contributed by atoms with Crippen LogP contribution in [0.4, 0.5) is 0 Å². The highest BCUT2D eigenvalue weighted by atomic mass is 16.2. The normalized spacial score (nSPS) is 21.3. The number of nitrogens with zero attached hydrogens (tertiary/aromatic N) is 3. The van der Waals surface area contributed by atoms with E-state index in [1.54, 1.807) is 24.7 Å². The van der Waals surface area contributed by atoms with Gasteiger partial charge in [0.1, 0.15) is 0 Å². The van der Waals surface area contributed by atoms with Crippen LogP contribution in [0.25, 0.3) is 0 Å². The summed E-state index contributed by atoms with van der Waals surface area (Å²) in [6.07, 6.45) is 3.56. The van der Waals surface area contributed by atoms with Crippen molar-refractivity contribution in [2.24, 2.45) is 12.8 Å². The van der Waals surface area contributed by atoms with E-state index in [0.29, 0.717) is 6.54 Å². The summed E-state index contributed by atoms with van der Waals surface area (Å²) in [5, 5.41) is 6.47. The summed E-state index contributed by atoms with van der Waals surface area (Å²) in [6.45, 7) is 4.03. The molecular weight excluding hydrogens is 246 g/mol. The Labute approximate surface area is 111 Å². The summed E-state index contributed by atoms with van der Waals surface area (Å²) in [6, 6.07) is -0.210. The second-order valence-electron chi connectivity index (χ2n) is 5.26. The van der Waals surface area contributed by atoms with Crippen molar-refractivity contribution >= 4 is 11.8 Å². The van der Waals surface area contributed by atoms with Gasteiger partial charge in [0.05, 0.1) is 24.3 Å². The topological polar surface area (TPSA) is 93.2 Å². The van der Waals surface area contributed by atoms with Crippen molar-refractivity contribution in [3.63, 3.8) is 0 Å². The van der Waals surface area contributed by atoms with E-state index in [0.717, 1.165) is 5.56 Å². The molecule has 1 aliphatic rings. The predicted octanol–water partition coefficient (Wildman–Crippen LogP) is -0.843. The minimum absolute atomic E-state index is 0.148. The molecule has 1 saturated heterocycles. The number of piperazine rings is 1. The number of carbonyl (C=O) groups is 2. The summed E-state index contributed by atoms with van der Waals surface area (Å²) in [5.74, 6) is -0.599. The third-order valence-corrected chi connectivity index (χ3v) is 3.55. The molecule has 1 aliphatic heterocycles. The number of amides is 2. The molecule has 2 amide bonds. The molecule has 2 heterocycles. The molecule has 1 atom stereocenters. The van der Waals surface area contributed by atoms with E-state index < -0.39 is 5.54 Å². The SMILES string of the molecule is Cn1cc(C(CN)N2CC(=O)NC(=O)C2(C)C)cn1. The molecule has 0 aromatic carbocycles. The molecule has 1 aromatic heterocycles. The second-order valence-corrected chi connectivity index (χ2v) is 5.26. The predicted molar refractivity (Wildman–Crippen MR) is 68.9 cm³/mol. The van der Waals surface area contributed by atoms with Crippen LogP contribution in [0.15, 0.2) is 12.4 Å². The first-order chi connectivity index (χ1) is 8.86. The Morgan fingerprint density at radius 1 is 1.53 bits per heavy atom. The summed E-state index contributed by atoms with van der Waals surface area (Å²) in [4.78, 5) is 25.4. The van der Waals surface area contributed by atoms with Gasteiger partial charge in [0.2, 0.25) is 11.8 Å². The van der Waals surface area contributed by atoms with Gasteiger partial charge in [-0.3, -0.25) is 24.5 Å². The Balaban J connectivity index is 2.35. The Kier molecular flexibility index (Phi) is 3.42. The zero-order chi connectivity index (χ0) is 14.2. The lowest BCUT2D eigenvalue weighted by Crippen LogP contribution is -2.65. The number of aromatic nitrogens is 2. The molecule has 1 aromatic rings. The van der Waals surface area contributed by atoms with Gasteiger partial charge >= 0.3 is 0 Å². The van der Waals surface area contributed by atoms with E-state index in [4.69, 9.17) is 5.73 Å². The quantitative estimate of drug-likeness (QED) is 0.695. The Bertz CT molecular complexity index is 508. The maximum absolute atomic E-state index is 12.0. The van der Waals surface area contributed by atoms with E-state index in [1.165, 1.54) is 0 Å². The molecular formula is C12H19N5O2. The molecule has 1 fully saturated rings. The number of imide groups is 1. The molecule has 1 unspecified atom stereocenters. The van der Waals surface area contributed by atoms with Crippen molar-refractivity contribution < 1.29 is 9.59 Å². The fourth-order valence-corrected chi connectivity index (χ4v) is 2.36. The highest BCUT2D eigenvalue weighted by Crippen LogP contribution is 2.29. The third-order valence-electron chi connectivity index (χ3n) is 3.55. The lowest BCUT2D eigenvalue weighted by molar-refractivity contribution is -0.147. The number of hydrogen-bond acceptors (Lipinski definition) is 5. The first-order valence-corrected chi connectivity index (χ1v) is 6.16. The second kappa shape index (κ2) is 4.75. The number of aryl methyl sites for hydroxylation is 1. The van der Waals surface area contributed by atoms with Gasteiger partial charge < -0.3 is 5.73 Å². The standard InChI is InChI=1S/C12H19N5O2/c1-12(2)11(19)15-10(18)7-17(12)9(4-13)8-5-14-16(3)6-8/h5-6,9H,4,7,13H2,1-3H3,(H,15,18,19). The molecule has 0 saturated carbocycles. The van der Waals surface area contributed by atoms with E-state index in [9.17, 15) is 9.59 Å². The van der Waals surface area contributed by atoms with E-state index in [1.807, 2.05) is 18.1 Å². The third kappa shape index (κ3) is 2.39. The Morgan fingerprint density at radius 3 is 2.74 bits per heavy atom. The molecule has 7 nitrogen and oxygen atoms in total. The lowest BCUT2D eigenvalue weighted by atomic mass is 9.94. The molecule has 0 radical (unpaired) electrons. The van der Waals surface area contributed by atoms with Crippen molar-refractivity contribution in [2.45, 2.75) is 25.4 Å². The van der Waals surface area contributed by atoms with Crippen molar-refractivity contribution in [2.75, 3.05) is 13.1 Å². The van der Waals surface area contributed by atoms with Crippen LogP contribution in [0.3, 0.4) is 0 Å². The van der Waals surface area contributed by atoms with Gasteiger partial charge in [0.25, 0.3) is 0 Å². The van der Waals surface area contributed by atoms with E-state index in [-0.39, 0.29) is 24.4 Å². The smallest absolute Gasteiger partial charge is 0.246 e. The van der Waals surface area contributed by atoms with Gasteiger partial charge in [0.15, 0.2) is 0 Å². The van der Waals surface area contributed by atoms with Crippen molar-refractivity contribution in [3.05, 3.63) is 18.0 Å². The van der Waals surface area contributed by atoms with Gasteiger partial charge in [-0.1, -0.05) is 0 Å². The molecule has 3 N–H and O–H groups in total. The molecule has 104 valence electrons. The van der Waals surface area contributed by atoms with Crippen molar-refractivity contribution in [3.8, 4) is 0 Å². The Morgan fingerprint density at radius 2 is 2.21 bits per heavy atom. The van der Waals surface area contributed by atoms with Crippen LogP contribution in [0.1, 0.15) is 25.5 Å². The molecule has 19 heavy (non-hydrogen) atoms. The van der Waals surface area contributed by atoms with Crippen LogP contribution in [0.5, 0.6) is 0 Å². The van der Waals surface area contributed by atoms with Gasteiger partial charge in [-0.2, -0.15) is 5.10 Å². The van der Waals surface area contributed by atoms with E-state index in [2.05, 4.69) is 10.4 Å². The number of hydrogen-bond donors (Lipinski definition) is 2. The van der Waals surface area contributed by atoms with Crippen molar-refractivity contribution in [1.82, 2.24) is 20.0 Å². The summed E-state index contributed by atoms with van der Waals surface area (Å²) in [7, 11) is 1.82. The van der Waals surface area contributed by atoms with Gasteiger partial charge in [0, 0.05) is 25.4 Å². The first kappa shape index (κ1) is 13.7. The minimum Gasteiger partial charge on any atom is -0.329 e. The summed E-state index contributed by atoms with van der Waals surface area (Å²) >= 11 is 0. The van der Waals surface area contributed by atoms with E-state index >= 15 is 0 Å². The van der Waals surface area contributed by atoms with Crippen LogP contribution in [0.2, 0.25) is 0 Å². The van der Waals surface area contributed by atoms with Crippen LogP contribution in [-0.2, 0) is 16.6 Å². The van der Waals surface area contributed by atoms with Gasteiger partial charge in [-0.15, -0.1) is 0 Å². The number of carbonyl (C=O) groups excluding carboxylic acids is 2. The van der Waals surface area contributed by atoms with Crippen LogP contribution in [0, 0.1) is 0 Å². The average Bonchev–Trinajstić information content (AvgIpc) is 2.73. The molecule has 2 rings (SSSR count). The fraction of sp³-hybridized carbons (Fsp3) is 0.583. The molecule has 0 bridgehead atoms. The average molecular weight is 265 g/mol. The Hall–Kier alpha value is -1.73. The minimum atomic E-state index is -0.784. The number of nitrogens with one attached hydrogen (secondary N) is 1. The molecule has 7 heteroatoms. The highest BCUT2D eigenvalue weighted by Gasteiger charge is 2.44. The zero-order valence-corrected chi connectivity index (χ0v) is 11.4. The number of rotatable bonds is 3. The van der Waals surface area contributed by atoms with Crippen LogP contribution < -0.4 is 11.1 Å². The van der Waals surface area contributed by atoms with Gasteiger partial charge in [-0.25, -0.2) is 0 Å². The van der Waals surface area contributed by atoms with Crippen LogP contribution >= 0.6 is 0 Å². The van der Waals surface area contributed by atoms with Gasteiger partial charge in [-0.05, 0) is 13.8 Å². The maximum Gasteiger partial charge on any atom is 0.246 e. The molecule has 0 aliphatic carbocycles. The van der Waals surface area contributed by atoms with Crippen molar-refractivity contribution in [1.29, 1.82) is 0 Å².